The summed E-state index contributed by atoms with van der Waals surface area (Å²) in [5.41, 5.74) is 11.0. The number of halogens is 4. The average Bonchev–Trinajstić information content (AvgIpc) is 2.72. The van der Waals surface area contributed by atoms with Crippen LogP contribution in [0.2, 0.25) is 0 Å². The zero-order valence-corrected chi connectivity index (χ0v) is 15.5. The van der Waals surface area contributed by atoms with Gasteiger partial charge in [-0.2, -0.15) is 13.2 Å². The van der Waals surface area contributed by atoms with Crippen LogP contribution in [0.15, 0.2) is 30.5 Å². The molecule has 5 N–H and O–H groups in total. The minimum atomic E-state index is -4.77. The van der Waals surface area contributed by atoms with E-state index < -0.39 is 17.6 Å². The molecule has 3 rings (SSSR count). The Morgan fingerprint density at radius 1 is 1.28 bits per heavy atom. The highest BCUT2D eigenvalue weighted by Crippen LogP contribution is 2.32. The Bertz CT molecular complexity index is 987. The summed E-state index contributed by atoms with van der Waals surface area (Å²) in [4.78, 5) is 6.36. The lowest BCUT2D eigenvalue weighted by Gasteiger charge is -2.28. The Morgan fingerprint density at radius 2 is 2.00 bits per heavy atom. The molecule has 2 heterocycles. The molecule has 0 aliphatic carbocycles. The quantitative estimate of drug-likeness (QED) is 0.639. The van der Waals surface area contributed by atoms with Crippen LogP contribution < -0.4 is 32.3 Å². The van der Waals surface area contributed by atoms with Gasteiger partial charge in [0.1, 0.15) is 11.6 Å². The fourth-order valence-corrected chi connectivity index (χ4v) is 3.03. The van der Waals surface area contributed by atoms with E-state index in [1.165, 1.54) is 12.3 Å². The topological polar surface area (TPSA) is 89.4 Å². The molecule has 1 fully saturated rings. The molecular weight excluding hydrogens is 390 g/mol. The van der Waals surface area contributed by atoms with Gasteiger partial charge in [0.05, 0.1) is 36.0 Å². The fraction of sp³-hybridized carbons (Fsp3) is 0.316. The van der Waals surface area contributed by atoms with Crippen molar-refractivity contribution >= 4 is 17.7 Å². The van der Waals surface area contributed by atoms with Gasteiger partial charge in [-0.25, -0.2) is 4.39 Å². The van der Waals surface area contributed by atoms with Gasteiger partial charge in [0.25, 0.3) is 0 Å². The molecule has 29 heavy (non-hydrogen) atoms. The van der Waals surface area contributed by atoms with Crippen molar-refractivity contribution in [1.82, 2.24) is 10.3 Å². The van der Waals surface area contributed by atoms with Crippen molar-refractivity contribution in [3.05, 3.63) is 58.0 Å². The summed E-state index contributed by atoms with van der Waals surface area (Å²) < 4.78 is 58.2. The molecule has 0 saturated carbocycles. The third-order valence-electron chi connectivity index (χ3n) is 4.58. The predicted molar refractivity (Wildman–Crippen MR) is 101 cm³/mol. The lowest BCUT2D eigenvalue weighted by Crippen LogP contribution is -2.41. The number of rotatable bonds is 4. The fourth-order valence-electron chi connectivity index (χ4n) is 3.03. The zero-order chi connectivity index (χ0) is 21.0. The first-order valence-corrected chi connectivity index (χ1v) is 8.90. The van der Waals surface area contributed by atoms with Crippen LogP contribution in [0.25, 0.3) is 12.0 Å². The Hall–Kier alpha value is -3.01. The first-order chi connectivity index (χ1) is 13.8. The third kappa shape index (κ3) is 4.70. The van der Waals surface area contributed by atoms with E-state index in [0.717, 1.165) is 11.8 Å². The maximum absolute atomic E-state index is 14.2. The molecule has 1 aromatic heterocycles. The van der Waals surface area contributed by atoms with Crippen LogP contribution in [0.3, 0.4) is 0 Å². The van der Waals surface area contributed by atoms with E-state index in [4.69, 9.17) is 16.2 Å². The Balaban J connectivity index is 1.90. The zero-order valence-electron chi connectivity index (χ0n) is 15.5. The number of nitrogens with two attached hydrogens (primary N) is 2. The maximum atomic E-state index is 14.2. The molecule has 1 aliphatic heterocycles. The minimum Gasteiger partial charge on any atom is -0.403 e. The van der Waals surface area contributed by atoms with Crippen LogP contribution in [0.5, 0.6) is 0 Å². The molecule has 1 saturated heterocycles. The minimum absolute atomic E-state index is 0.126. The molecular formula is C19H21F4N5O. The smallest absolute Gasteiger partial charge is 0.403 e. The van der Waals surface area contributed by atoms with Gasteiger partial charge in [0.2, 0.25) is 0 Å². The first-order valence-electron chi connectivity index (χ1n) is 8.90. The molecule has 156 valence electrons. The highest BCUT2D eigenvalue weighted by Gasteiger charge is 2.34. The SMILES string of the molecule is N/C=c1/ncc(N2CCOCC2)c/c1=C(/N)NCc1cccc(C(F)(F)F)c1F. The Labute approximate surface area is 164 Å². The van der Waals surface area contributed by atoms with Crippen LogP contribution in [0.4, 0.5) is 23.2 Å². The second kappa shape index (κ2) is 8.56. The normalized spacial score (nSPS) is 16.7. The molecule has 2 aromatic rings. The molecule has 0 atom stereocenters. The van der Waals surface area contributed by atoms with Gasteiger partial charge in [0.15, 0.2) is 0 Å². The van der Waals surface area contributed by atoms with Gasteiger partial charge in [-0.05, 0) is 12.1 Å². The molecule has 1 aliphatic rings. The van der Waals surface area contributed by atoms with E-state index in [0.29, 0.717) is 42.9 Å². The van der Waals surface area contributed by atoms with Gasteiger partial charge in [-0.3, -0.25) is 4.98 Å². The standard InChI is InChI=1S/C19H21F4N5O/c20-17-12(2-1-3-15(17)19(21,22)23)10-27-18(25)14-8-13(11-26-16(14)9-24)28-4-6-29-7-5-28/h1-3,8-9,11,27H,4-7,10,24-25H2/b16-9+,18-14+. The van der Waals surface area contributed by atoms with E-state index in [-0.39, 0.29) is 17.9 Å². The summed E-state index contributed by atoms with van der Waals surface area (Å²) in [6.07, 6.45) is -1.83. The van der Waals surface area contributed by atoms with Crippen LogP contribution in [-0.4, -0.2) is 31.3 Å². The maximum Gasteiger partial charge on any atom is 0.419 e. The highest BCUT2D eigenvalue weighted by molar-refractivity contribution is 5.50. The molecule has 0 radical (unpaired) electrons. The number of hydrogen-bond acceptors (Lipinski definition) is 6. The number of aromatic nitrogens is 1. The van der Waals surface area contributed by atoms with Crippen molar-refractivity contribution in [2.24, 2.45) is 11.5 Å². The van der Waals surface area contributed by atoms with Gasteiger partial charge in [-0.1, -0.05) is 12.1 Å². The number of ether oxygens (including phenoxy) is 1. The lowest BCUT2D eigenvalue weighted by molar-refractivity contribution is -0.140. The Kier molecular flexibility index (Phi) is 6.12. The number of benzene rings is 1. The molecule has 0 bridgehead atoms. The summed E-state index contributed by atoms with van der Waals surface area (Å²) in [5.74, 6) is -1.20. The molecule has 0 unspecified atom stereocenters. The molecule has 10 heteroatoms. The third-order valence-corrected chi connectivity index (χ3v) is 4.58. The van der Waals surface area contributed by atoms with Gasteiger partial charge >= 0.3 is 6.18 Å². The largest absolute Gasteiger partial charge is 0.419 e. The molecule has 6 nitrogen and oxygen atoms in total. The molecule has 1 aromatic carbocycles. The summed E-state index contributed by atoms with van der Waals surface area (Å²) in [6.45, 7) is 2.33. The van der Waals surface area contributed by atoms with Gasteiger partial charge < -0.3 is 26.4 Å². The number of alkyl halides is 3. The van der Waals surface area contributed by atoms with Crippen molar-refractivity contribution in [3.8, 4) is 0 Å². The number of morpholine rings is 1. The van der Waals surface area contributed by atoms with Crippen molar-refractivity contribution in [2.45, 2.75) is 12.7 Å². The first kappa shape index (κ1) is 20.7. The second-order valence-electron chi connectivity index (χ2n) is 6.44. The van der Waals surface area contributed by atoms with E-state index in [1.807, 2.05) is 0 Å². The number of pyridine rings is 1. The average molecular weight is 411 g/mol. The summed E-state index contributed by atoms with van der Waals surface area (Å²) in [6, 6.07) is 4.90. The number of hydrogen-bond donors (Lipinski definition) is 3. The Morgan fingerprint density at radius 3 is 2.66 bits per heavy atom. The lowest BCUT2D eigenvalue weighted by atomic mass is 10.1. The van der Waals surface area contributed by atoms with Crippen LogP contribution in [0.1, 0.15) is 11.1 Å². The summed E-state index contributed by atoms with van der Waals surface area (Å²) in [5, 5.41) is 3.64. The van der Waals surface area contributed by atoms with Crippen LogP contribution in [-0.2, 0) is 17.5 Å². The van der Waals surface area contributed by atoms with Gasteiger partial charge in [0, 0.05) is 36.6 Å². The van der Waals surface area contributed by atoms with E-state index in [9.17, 15) is 17.6 Å². The van der Waals surface area contributed by atoms with Gasteiger partial charge in [-0.15, -0.1) is 0 Å². The van der Waals surface area contributed by atoms with Crippen LogP contribution in [0, 0.1) is 5.82 Å². The highest BCUT2D eigenvalue weighted by atomic mass is 19.4. The van der Waals surface area contributed by atoms with E-state index in [2.05, 4.69) is 15.2 Å². The number of nitrogens with zero attached hydrogens (tertiary/aromatic N) is 2. The molecule has 0 spiro atoms. The number of nitrogens with one attached hydrogen (secondary N) is 1. The predicted octanol–water partition coefficient (Wildman–Crippen LogP) is 0.587. The second-order valence-corrected chi connectivity index (χ2v) is 6.44. The van der Waals surface area contributed by atoms with E-state index in [1.54, 1.807) is 12.3 Å². The molecule has 0 amide bonds. The summed E-state index contributed by atoms with van der Waals surface area (Å²) >= 11 is 0. The van der Waals surface area contributed by atoms with Crippen molar-refractivity contribution in [2.75, 3.05) is 31.2 Å². The number of anilines is 1. The van der Waals surface area contributed by atoms with Crippen LogP contribution >= 0.6 is 0 Å². The van der Waals surface area contributed by atoms with E-state index >= 15 is 0 Å². The monoisotopic (exact) mass is 411 g/mol. The summed E-state index contributed by atoms with van der Waals surface area (Å²) in [7, 11) is 0. The van der Waals surface area contributed by atoms with Crippen molar-refractivity contribution < 1.29 is 22.3 Å². The van der Waals surface area contributed by atoms with Crippen molar-refractivity contribution in [3.63, 3.8) is 0 Å². The van der Waals surface area contributed by atoms with Crippen molar-refractivity contribution in [1.29, 1.82) is 0 Å².